The lowest BCUT2D eigenvalue weighted by Gasteiger charge is -2.43. The Morgan fingerprint density at radius 3 is 2.23 bits per heavy atom. The Balaban J connectivity index is 1.04. The Bertz CT molecular complexity index is 1960. The standard InChI is InChI=1S/C35H37Cl2FN6O3S/c36-24-3-1-23(2-4-24)11-12-40-13-15-42(16-14-40)48(46,47)29-18-32-34(43(22-39-32)26-6-7-26)33(19-29)44-27-8-9-28(44)21-41(20-27)35(45)30-10-5-25(38)17-31(30)37/h1-5,10,17-19,22,26-28H,6-9,11-16,20-21H2/t27-,28+. The van der Waals surface area contributed by atoms with Gasteiger partial charge in [-0.3, -0.25) is 4.79 Å². The van der Waals surface area contributed by atoms with Crippen molar-refractivity contribution in [3.8, 4) is 0 Å². The van der Waals surface area contributed by atoms with Gasteiger partial charge in [-0.15, -0.1) is 0 Å². The maximum Gasteiger partial charge on any atom is 0.255 e. The zero-order valence-corrected chi connectivity index (χ0v) is 28.8. The number of benzene rings is 3. The number of halogens is 3. The fourth-order valence-corrected chi connectivity index (χ4v) is 9.51. The first-order valence-corrected chi connectivity index (χ1v) is 18.9. The smallest absolute Gasteiger partial charge is 0.255 e. The van der Waals surface area contributed by atoms with Crippen LogP contribution in [0.4, 0.5) is 10.1 Å². The molecule has 0 N–H and O–H groups in total. The number of carbonyl (C=O) groups is 1. The average molecular weight is 712 g/mol. The highest BCUT2D eigenvalue weighted by atomic mass is 35.5. The van der Waals surface area contributed by atoms with Gasteiger partial charge in [0.15, 0.2) is 0 Å². The Hall–Kier alpha value is -3.22. The van der Waals surface area contributed by atoms with Crippen molar-refractivity contribution < 1.29 is 17.6 Å². The molecule has 3 aromatic carbocycles. The molecule has 1 aromatic heterocycles. The summed E-state index contributed by atoms with van der Waals surface area (Å²) in [6.07, 6.45) is 6.62. The molecular formula is C35H37Cl2FN6O3S. The highest BCUT2D eigenvalue weighted by molar-refractivity contribution is 7.89. The molecule has 4 aromatic rings. The Morgan fingerprint density at radius 2 is 1.56 bits per heavy atom. The summed E-state index contributed by atoms with van der Waals surface area (Å²) in [6.45, 7) is 3.96. The first-order valence-electron chi connectivity index (χ1n) is 16.7. The monoisotopic (exact) mass is 710 g/mol. The highest BCUT2D eigenvalue weighted by Crippen LogP contribution is 2.44. The van der Waals surface area contributed by atoms with Crippen molar-refractivity contribution in [2.45, 2.75) is 55.1 Å². The number of piperazine rings is 2. The summed E-state index contributed by atoms with van der Waals surface area (Å²) in [5.41, 5.74) is 4.01. The number of sulfonamides is 1. The first-order chi connectivity index (χ1) is 23.2. The van der Waals surface area contributed by atoms with Crippen molar-refractivity contribution in [1.29, 1.82) is 0 Å². The summed E-state index contributed by atoms with van der Waals surface area (Å²) in [7, 11) is -3.78. The summed E-state index contributed by atoms with van der Waals surface area (Å²) >= 11 is 12.3. The summed E-state index contributed by atoms with van der Waals surface area (Å²) < 4.78 is 45.9. The predicted molar refractivity (Wildman–Crippen MR) is 185 cm³/mol. The normalized spacial score (nSPS) is 22.1. The highest BCUT2D eigenvalue weighted by Gasteiger charge is 2.44. The number of nitrogens with zero attached hydrogens (tertiary/aromatic N) is 6. The van der Waals surface area contributed by atoms with Crippen LogP contribution in [0.5, 0.6) is 0 Å². The third-order valence-corrected chi connectivity index (χ3v) is 12.8. The summed E-state index contributed by atoms with van der Waals surface area (Å²) in [6, 6.07) is 15.7. The van der Waals surface area contributed by atoms with Gasteiger partial charge in [0.05, 0.1) is 38.5 Å². The van der Waals surface area contributed by atoms with Crippen molar-refractivity contribution in [1.82, 2.24) is 23.7 Å². The van der Waals surface area contributed by atoms with Crippen LogP contribution >= 0.6 is 23.2 Å². The maximum absolute atomic E-state index is 14.2. The van der Waals surface area contributed by atoms with Crippen molar-refractivity contribution in [3.05, 3.63) is 87.9 Å². The van der Waals surface area contributed by atoms with Crippen molar-refractivity contribution >= 4 is 55.9 Å². The Morgan fingerprint density at radius 1 is 0.875 bits per heavy atom. The van der Waals surface area contributed by atoms with E-state index in [9.17, 15) is 17.6 Å². The van der Waals surface area contributed by atoms with Gasteiger partial charge in [0.25, 0.3) is 5.91 Å². The van der Waals surface area contributed by atoms with E-state index in [2.05, 4.69) is 14.4 Å². The summed E-state index contributed by atoms with van der Waals surface area (Å²) in [5, 5.41) is 0.820. The molecule has 9 nitrogen and oxygen atoms in total. The van der Waals surface area contributed by atoms with Crippen LogP contribution in [0.15, 0.2) is 65.8 Å². The van der Waals surface area contributed by atoms with E-state index in [-0.39, 0.29) is 27.9 Å². The molecular weight excluding hydrogens is 674 g/mol. The molecule has 2 atom stereocenters. The molecule has 0 spiro atoms. The zero-order valence-electron chi connectivity index (χ0n) is 26.4. The van der Waals surface area contributed by atoms with E-state index < -0.39 is 15.8 Å². The third kappa shape index (κ3) is 5.98. The lowest BCUT2D eigenvalue weighted by molar-refractivity contribution is 0.0718. The van der Waals surface area contributed by atoms with Crippen LogP contribution in [0.2, 0.25) is 10.0 Å². The molecule has 4 aliphatic rings. The number of aromatic nitrogens is 2. The number of rotatable bonds is 8. The second-order valence-electron chi connectivity index (χ2n) is 13.4. The maximum atomic E-state index is 14.2. The molecule has 3 saturated heterocycles. The number of fused-ring (bicyclic) bond motifs is 3. The Labute approximate surface area is 289 Å². The molecule has 8 rings (SSSR count). The Kier molecular flexibility index (Phi) is 8.40. The van der Waals surface area contributed by atoms with Crippen LogP contribution in [0, 0.1) is 5.82 Å². The van der Waals surface area contributed by atoms with Crippen LogP contribution in [0.3, 0.4) is 0 Å². The van der Waals surface area contributed by atoms with Crippen LogP contribution < -0.4 is 4.90 Å². The quantitative estimate of drug-likeness (QED) is 0.228. The van der Waals surface area contributed by atoms with Gasteiger partial charge in [0.2, 0.25) is 10.0 Å². The molecule has 1 aliphatic carbocycles. The summed E-state index contributed by atoms with van der Waals surface area (Å²) in [4.78, 5) is 25.0. The third-order valence-electron chi connectivity index (χ3n) is 10.4. The lowest BCUT2D eigenvalue weighted by Crippen LogP contribution is -2.55. The zero-order chi connectivity index (χ0) is 33.2. The summed E-state index contributed by atoms with van der Waals surface area (Å²) in [5.74, 6) is -0.697. The molecule has 4 fully saturated rings. The molecule has 2 bridgehead atoms. The van der Waals surface area contributed by atoms with Gasteiger partial charge in [-0.05, 0) is 80.1 Å². The van der Waals surface area contributed by atoms with E-state index in [1.807, 2.05) is 36.7 Å². The fraction of sp³-hybridized carbons (Fsp3) is 0.429. The molecule has 1 amide bonds. The number of likely N-dealkylation sites (tertiary alicyclic amines) is 1. The SMILES string of the molecule is O=C(c1ccc(F)cc1Cl)N1C[C@H]2CC[C@@H](C1)N2c1cc(S(=O)(=O)N2CCN(CCc3ccc(Cl)cc3)CC2)cc2ncn(C3CC3)c12. The largest absolute Gasteiger partial charge is 0.360 e. The minimum Gasteiger partial charge on any atom is -0.360 e. The van der Waals surface area contributed by atoms with Crippen molar-refractivity contribution in [2.24, 2.45) is 0 Å². The second-order valence-corrected chi connectivity index (χ2v) is 16.2. The van der Waals surface area contributed by atoms with E-state index >= 15 is 0 Å². The molecule has 3 aliphatic heterocycles. The number of imidazole rings is 1. The number of anilines is 1. The van der Waals surface area contributed by atoms with Gasteiger partial charge in [-0.2, -0.15) is 4.31 Å². The van der Waals surface area contributed by atoms with Crippen LogP contribution in [0.25, 0.3) is 11.0 Å². The molecule has 48 heavy (non-hydrogen) atoms. The van der Waals surface area contributed by atoms with Crippen LogP contribution in [-0.4, -0.2) is 95.9 Å². The minimum atomic E-state index is -3.78. The van der Waals surface area contributed by atoms with Gasteiger partial charge in [-0.1, -0.05) is 35.3 Å². The van der Waals surface area contributed by atoms with E-state index in [0.29, 0.717) is 56.4 Å². The predicted octanol–water partition coefficient (Wildman–Crippen LogP) is 5.86. The van der Waals surface area contributed by atoms with Crippen LogP contribution in [-0.2, 0) is 16.4 Å². The molecule has 252 valence electrons. The van der Waals surface area contributed by atoms with Gasteiger partial charge < -0.3 is 19.3 Å². The number of carbonyl (C=O) groups excluding carboxylic acids is 1. The topological polar surface area (TPSA) is 82.0 Å². The number of hydrogen-bond donors (Lipinski definition) is 0. The van der Waals surface area contributed by atoms with E-state index in [4.69, 9.17) is 28.2 Å². The van der Waals surface area contributed by atoms with Gasteiger partial charge >= 0.3 is 0 Å². The number of amides is 1. The minimum absolute atomic E-state index is 0.000170. The molecule has 13 heteroatoms. The van der Waals surface area contributed by atoms with Gasteiger partial charge in [-0.25, -0.2) is 17.8 Å². The van der Waals surface area contributed by atoms with E-state index in [0.717, 1.165) is 54.9 Å². The van der Waals surface area contributed by atoms with Gasteiger partial charge in [0.1, 0.15) is 5.82 Å². The fourth-order valence-electron chi connectivity index (χ4n) is 7.68. The van der Waals surface area contributed by atoms with Crippen molar-refractivity contribution in [3.63, 3.8) is 0 Å². The molecule has 1 saturated carbocycles. The lowest BCUT2D eigenvalue weighted by atomic mass is 10.1. The number of hydrogen-bond acceptors (Lipinski definition) is 6. The van der Waals surface area contributed by atoms with Crippen LogP contribution in [0.1, 0.15) is 47.6 Å². The second kappa shape index (κ2) is 12.6. The molecule has 0 unspecified atom stereocenters. The van der Waals surface area contributed by atoms with E-state index in [1.54, 1.807) is 15.3 Å². The van der Waals surface area contributed by atoms with E-state index in [1.165, 1.54) is 23.8 Å². The average Bonchev–Trinajstić information content (AvgIpc) is 3.78. The first kappa shape index (κ1) is 32.0. The molecule has 0 radical (unpaired) electrons. The van der Waals surface area contributed by atoms with Crippen molar-refractivity contribution in [2.75, 3.05) is 50.7 Å². The van der Waals surface area contributed by atoms with Gasteiger partial charge in [0, 0.05) is 69.0 Å². The molecule has 4 heterocycles.